The van der Waals surface area contributed by atoms with E-state index >= 15 is 0 Å². The third kappa shape index (κ3) is 6.67. The number of esters is 1. The van der Waals surface area contributed by atoms with Crippen LogP contribution in [0.15, 0.2) is 47.6 Å². The Morgan fingerprint density at radius 3 is 2.71 bits per heavy atom. The smallest absolute Gasteiger partial charge is 0.306 e. The van der Waals surface area contributed by atoms with Crippen LogP contribution in [0.1, 0.15) is 53.2 Å². The first kappa shape index (κ1) is 24.0. The summed E-state index contributed by atoms with van der Waals surface area (Å²) in [6.07, 6.45) is 5.87. The highest BCUT2D eigenvalue weighted by molar-refractivity contribution is 6.04. The van der Waals surface area contributed by atoms with Gasteiger partial charge in [-0.2, -0.15) is 5.10 Å². The van der Waals surface area contributed by atoms with Crippen LogP contribution in [0.5, 0.6) is 0 Å². The molecule has 0 bridgehead atoms. The summed E-state index contributed by atoms with van der Waals surface area (Å²) in [5, 5.41) is 9.47. The highest BCUT2D eigenvalue weighted by atomic mass is 16.5. The van der Waals surface area contributed by atoms with Crippen molar-refractivity contribution in [3.8, 4) is 0 Å². The molecule has 1 saturated heterocycles. The minimum atomic E-state index is -0.146. The van der Waals surface area contributed by atoms with E-state index in [4.69, 9.17) is 9.47 Å². The number of morpholine rings is 1. The zero-order valence-corrected chi connectivity index (χ0v) is 19.8. The molecule has 2 aromatic rings. The molecule has 7 nitrogen and oxygen atoms in total. The predicted octanol–water partition coefficient (Wildman–Crippen LogP) is 4.05. The largest absolute Gasteiger partial charge is 0.466 e. The Hall–Kier alpha value is -3.19. The molecule has 34 heavy (non-hydrogen) atoms. The van der Waals surface area contributed by atoms with E-state index in [1.165, 1.54) is 11.1 Å². The molecule has 1 aliphatic heterocycles. The summed E-state index contributed by atoms with van der Waals surface area (Å²) < 4.78 is 10.6. The van der Waals surface area contributed by atoms with Gasteiger partial charge in [0.15, 0.2) is 0 Å². The molecule has 0 spiro atoms. The normalized spacial score (nSPS) is 17.9. The Morgan fingerprint density at radius 1 is 1.15 bits per heavy atom. The van der Waals surface area contributed by atoms with E-state index in [2.05, 4.69) is 16.5 Å². The first-order valence-corrected chi connectivity index (χ1v) is 12.2. The average Bonchev–Trinajstić information content (AvgIpc) is 2.87. The number of anilines is 1. The van der Waals surface area contributed by atoms with Crippen LogP contribution in [0.4, 0.5) is 5.69 Å². The Morgan fingerprint density at radius 2 is 1.94 bits per heavy atom. The van der Waals surface area contributed by atoms with Crippen molar-refractivity contribution < 1.29 is 19.1 Å². The van der Waals surface area contributed by atoms with Crippen molar-refractivity contribution in [3.63, 3.8) is 0 Å². The predicted molar refractivity (Wildman–Crippen MR) is 132 cm³/mol. The lowest BCUT2D eigenvalue weighted by atomic mass is 9.82. The van der Waals surface area contributed by atoms with Crippen molar-refractivity contribution in [2.45, 2.75) is 39.0 Å². The molecule has 0 aromatic heterocycles. The Bertz CT molecular complexity index is 1010. The zero-order chi connectivity index (χ0) is 23.8. The number of ether oxygens (including phenoxy) is 2. The molecule has 1 heterocycles. The van der Waals surface area contributed by atoms with E-state index < -0.39 is 0 Å². The van der Waals surface area contributed by atoms with Crippen LogP contribution in [0.3, 0.4) is 0 Å². The molecule has 1 aliphatic carbocycles. The third-order valence-electron chi connectivity index (χ3n) is 6.25. The molecule has 1 unspecified atom stereocenters. The van der Waals surface area contributed by atoms with Crippen molar-refractivity contribution in [2.24, 2.45) is 11.0 Å². The van der Waals surface area contributed by atoms with Crippen LogP contribution in [-0.4, -0.2) is 56.0 Å². The summed E-state index contributed by atoms with van der Waals surface area (Å²) in [6.45, 7) is 5.47. The molecule has 1 atom stereocenters. The molecule has 180 valence electrons. The molecular formula is C27H33N3O4. The molecule has 2 aromatic carbocycles. The van der Waals surface area contributed by atoms with Crippen molar-refractivity contribution in [2.75, 3.05) is 38.2 Å². The minimum absolute atomic E-state index is 0.113. The van der Waals surface area contributed by atoms with Gasteiger partial charge in [-0.15, -0.1) is 0 Å². The molecule has 1 N–H and O–H groups in total. The molecule has 7 heteroatoms. The van der Waals surface area contributed by atoms with Gasteiger partial charge in [-0.3, -0.25) is 14.6 Å². The van der Waals surface area contributed by atoms with Crippen LogP contribution in [0.25, 0.3) is 0 Å². The molecule has 0 radical (unpaired) electrons. The van der Waals surface area contributed by atoms with Gasteiger partial charge in [0, 0.05) is 17.7 Å². The summed E-state index contributed by atoms with van der Waals surface area (Å²) in [6, 6.07) is 13.5. The van der Waals surface area contributed by atoms with Gasteiger partial charge in [-0.1, -0.05) is 25.1 Å². The average molecular weight is 464 g/mol. The number of hydrogen-bond donors (Lipinski definition) is 1. The second-order valence-electron chi connectivity index (χ2n) is 8.90. The molecule has 1 fully saturated rings. The SMILES string of the molecule is CCCOC(=O)CC1CCc2ccc(NC(=O)c3ccc(/C=N/N4CCOCC4)cc3)cc2C1. The lowest BCUT2D eigenvalue weighted by Crippen LogP contribution is -2.32. The third-order valence-corrected chi connectivity index (χ3v) is 6.25. The van der Waals surface area contributed by atoms with E-state index in [9.17, 15) is 9.59 Å². The van der Waals surface area contributed by atoms with E-state index in [-0.39, 0.29) is 17.8 Å². The van der Waals surface area contributed by atoms with Crippen LogP contribution in [-0.2, 0) is 27.1 Å². The second kappa shape index (κ2) is 11.8. The van der Waals surface area contributed by atoms with Gasteiger partial charge in [-0.25, -0.2) is 0 Å². The highest BCUT2D eigenvalue weighted by Crippen LogP contribution is 2.30. The van der Waals surface area contributed by atoms with Gasteiger partial charge >= 0.3 is 5.97 Å². The fourth-order valence-electron chi connectivity index (χ4n) is 4.34. The standard InChI is InChI=1S/C27H33N3O4/c1-2-13-34-26(31)17-21-5-6-22-9-10-25(18-24(22)16-21)29-27(32)23-7-3-20(4-8-23)19-28-30-11-14-33-15-12-30/h3-4,7-10,18-19,21H,2,5-6,11-17H2,1H3,(H,29,32)/b28-19+. The molecule has 4 rings (SSSR count). The molecule has 1 amide bonds. The van der Waals surface area contributed by atoms with E-state index in [1.54, 1.807) is 0 Å². The summed E-state index contributed by atoms with van der Waals surface area (Å²) >= 11 is 0. The summed E-state index contributed by atoms with van der Waals surface area (Å²) in [5.74, 6) is 0.0276. The number of carbonyl (C=O) groups excluding carboxylic acids is 2. The van der Waals surface area contributed by atoms with Crippen LogP contribution >= 0.6 is 0 Å². The first-order valence-electron chi connectivity index (χ1n) is 12.2. The number of hydrogen-bond acceptors (Lipinski definition) is 6. The van der Waals surface area contributed by atoms with Crippen molar-refractivity contribution in [1.82, 2.24) is 5.01 Å². The van der Waals surface area contributed by atoms with Gasteiger partial charge in [0.05, 0.1) is 39.1 Å². The summed E-state index contributed by atoms with van der Waals surface area (Å²) in [5.41, 5.74) is 4.81. The maximum atomic E-state index is 12.8. The fraction of sp³-hybridized carbons (Fsp3) is 0.444. The lowest BCUT2D eigenvalue weighted by Gasteiger charge is -2.24. The van der Waals surface area contributed by atoms with Crippen LogP contribution in [0.2, 0.25) is 0 Å². The first-order chi connectivity index (χ1) is 16.6. The monoisotopic (exact) mass is 463 g/mol. The number of aryl methyl sites for hydroxylation is 1. The second-order valence-corrected chi connectivity index (χ2v) is 8.90. The zero-order valence-electron chi connectivity index (χ0n) is 19.8. The Kier molecular flexibility index (Phi) is 8.31. The van der Waals surface area contributed by atoms with E-state index in [1.807, 2.05) is 54.5 Å². The number of amides is 1. The topological polar surface area (TPSA) is 80.2 Å². The minimum Gasteiger partial charge on any atom is -0.466 e. The quantitative estimate of drug-likeness (QED) is 0.472. The van der Waals surface area contributed by atoms with Gasteiger partial charge in [0.25, 0.3) is 5.91 Å². The maximum absolute atomic E-state index is 12.8. The fourth-order valence-corrected chi connectivity index (χ4v) is 4.34. The summed E-state index contributed by atoms with van der Waals surface area (Å²) in [7, 11) is 0. The van der Waals surface area contributed by atoms with Crippen molar-refractivity contribution in [1.29, 1.82) is 0 Å². The lowest BCUT2D eigenvalue weighted by molar-refractivity contribution is -0.144. The van der Waals surface area contributed by atoms with Gasteiger partial charge in [-0.05, 0) is 72.6 Å². The Labute approximate surface area is 201 Å². The number of nitrogens with one attached hydrogen (secondary N) is 1. The number of rotatable bonds is 8. The van der Waals surface area contributed by atoms with Gasteiger partial charge in [0.2, 0.25) is 0 Å². The highest BCUT2D eigenvalue weighted by Gasteiger charge is 2.22. The number of hydrazone groups is 1. The number of fused-ring (bicyclic) bond motifs is 1. The van der Waals surface area contributed by atoms with Crippen LogP contribution < -0.4 is 5.32 Å². The van der Waals surface area contributed by atoms with Gasteiger partial charge in [0.1, 0.15) is 0 Å². The van der Waals surface area contributed by atoms with Crippen LogP contribution in [0, 0.1) is 5.92 Å². The number of nitrogens with zero attached hydrogens (tertiary/aromatic N) is 2. The van der Waals surface area contributed by atoms with Crippen molar-refractivity contribution >= 4 is 23.8 Å². The Balaban J connectivity index is 1.33. The van der Waals surface area contributed by atoms with Gasteiger partial charge < -0.3 is 14.8 Å². The van der Waals surface area contributed by atoms with E-state index in [0.29, 0.717) is 31.8 Å². The number of carbonyl (C=O) groups is 2. The molecule has 0 saturated carbocycles. The number of benzene rings is 2. The van der Waals surface area contributed by atoms with E-state index in [0.717, 1.165) is 50.0 Å². The maximum Gasteiger partial charge on any atom is 0.306 e. The molecular weight excluding hydrogens is 430 g/mol. The summed E-state index contributed by atoms with van der Waals surface area (Å²) in [4.78, 5) is 24.8. The van der Waals surface area contributed by atoms with Crippen molar-refractivity contribution in [3.05, 3.63) is 64.7 Å². The molecule has 2 aliphatic rings.